The van der Waals surface area contributed by atoms with Crippen LogP contribution < -0.4 is 10.1 Å². The van der Waals surface area contributed by atoms with E-state index in [0.717, 1.165) is 5.56 Å². The number of benzene rings is 2. The Kier molecular flexibility index (Phi) is 5.84. The van der Waals surface area contributed by atoms with Crippen LogP contribution >= 0.6 is 11.6 Å². The van der Waals surface area contributed by atoms with Crippen molar-refractivity contribution in [3.05, 3.63) is 65.2 Å². The molecule has 2 rings (SSSR count). The average Bonchev–Trinajstić information content (AvgIpc) is 2.52. The van der Waals surface area contributed by atoms with Crippen molar-refractivity contribution in [2.45, 2.75) is 19.9 Å². The molecule has 0 aliphatic heterocycles. The zero-order chi connectivity index (χ0) is 15.9. The lowest BCUT2D eigenvalue weighted by Gasteiger charge is -2.23. The van der Waals surface area contributed by atoms with Gasteiger partial charge in [-0.15, -0.1) is 0 Å². The Hall–Kier alpha value is -2.00. The molecule has 0 radical (unpaired) electrons. The fourth-order valence-electron chi connectivity index (χ4n) is 2.22. The predicted octanol–water partition coefficient (Wildman–Crippen LogP) is 4.23. The molecule has 3 nitrogen and oxygen atoms in total. The Balaban J connectivity index is 1.96. The Labute approximate surface area is 136 Å². The second-order valence-electron chi connectivity index (χ2n) is 5.42. The molecular weight excluding hydrogens is 298 g/mol. The molecule has 4 heteroatoms. The average molecular weight is 318 g/mol. The third-order valence-electron chi connectivity index (χ3n) is 3.34. The van der Waals surface area contributed by atoms with Crippen LogP contribution in [-0.4, -0.2) is 12.5 Å². The van der Waals surface area contributed by atoms with Crippen molar-refractivity contribution < 1.29 is 9.53 Å². The minimum atomic E-state index is -0.164. The van der Waals surface area contributed by atoms with Crippen LogP contribution in [0.1, 0.15) is 25.5 Å². The maximum Gasteiger partial charge on any atom is 0.258 e. The first kappa shape index (κ1) is 16.4. The van der Waals surface area contributed by atoms with Gasteiger partial charge in [0.2, 0.25) is 0 Å². The smallest absolute Gasteiger partial charge is 0.258 e. The van der Waals surface area contributed by atoms with E-state index in [2.05, 4.69) is 19.2 Å². The summed E-state index contributed by atoms with van der Waals surface area (Å²) in [4.78, 5) is 12.1. The Morgan fingerprint density at radius 2 is 1.73 bits per heavy atom. The lowest BCUT2D eigenvalue weighted by molar-refractivity contribution is -0.124. The van der Waals surface area contributed by atoms with Gasteiger partial charge < -0.3 is 10.1 Å². The highest BCUT2D eigenvalue weighted by molar-refractivity contribution is 6.32. The zero-order valence-electron chi connectivity index (χ0n) is 12.8. The van der Waals surface area contributed by atoms with Crippen LogP contribution in [0.3, 0.4) is 0 Å². The summed E-state index contributed by atoms with van der Waals surface area (Å²) in [5, 5.41) is 3.51. The summed E-state index contributed by atoms with van der Waals surface area (Å²) >= 11 is 6.00. The van der Waals surface area contributed by atoms with E-state index in [1.54, 1.807) is 12.1 Å². The second-order valence-corrected chi connectivity index (χ2v) is 5.83. The summed E-state index contributed by atoms with van der Waals surface area (Å²) in [6.45, 7) is 4.10. The van der Waals surface area contributed by atoms with E-state index in [9.17, 15) is 4.79 Å². The minimum Gasteiger partial charge on any atom is -0.482 e. The van der Waals surface area contributed by atoms with Crippen LogP contribution in [0, 0.1) is 5.92 Å². The van der Waals surface area contributed by atoms with Crippen molar-refractivity contribution in [2.75, 3.05) is 6.61 Å². The zero-order valence-corrected chi connectivity index (χ0v) is 13.5. The Bertz CT molecular complexity index is 613. The molecule has 0 fully saturated rings. The number of hydrogen-bond donors (Lipinski definition) is 1. The van der Waals surface area contributed by atoms with Crippen LogP contribution in [0.2, 0.25) is 5.02 Å². The molecule has 1 atom stereocenters. The molecule has 2 aromatic carbocycles. The lowest BCUT2D eigenvalue weighted by Crippen LogP contribution is -2.35. The molecule has 116 valence electrons. The normalized spacial score (nSPS) is 12.0. The Morgan fingerprint density at radius 1 is 1.09 bits per heavy atom. The number of rotatable bonds is 6. The maximum absolute atomic E-state index is 12.1. The minimum absolute atomic E-state index is 0.0384. The van der Waals surface area contributed by atoms with Crippen molar-refractivity contribution in [1.29, 1.82) is 0 Å². The number of carbonyl (C=O) groups excluding carboxylic acids is 1. The largest absolute Gasteiger partial charge is 0.482 e. The summed E-state index contributed by atoms with van der Waals surface area (Å²) in [5.41, 5.74) is 1.09. The molecule has 0 spiro atoms. The summed E-state index contributed by atoms with van der Waals surface area (Å²) in [5.74, 6) is 0.634. The van der Waals surface area contributed by atoms with Gasteiger partial charge in [-0.25, -0.2) is 0 Å². The van der Waals surface area contributed by atoms with E-state index in [1.165, 1.54) is 0 Å². The van der Waals surface area contributed by atoms with Gasteiger partial charge in [-0.05, 0) is 23.6 Å². The van der Waals surface area contributed by atoms with Crippen LogP contribution in [0.5, 0.6) is 5.75 Å². The summed E-state index contributed by atoms with van der Waals surface area (Å²) in [7, 11) is 0. The van der Waals surface area contributed by atoms with E-state index in [1.807, 2.05) is 42.5 Å². The van der Waals surface area contributed by atoms with E-state index < -0.39 is 0 Å². The number of nitrogens with one attached hydrogen (secondary N) is 1. The van der Waals surface area contributed by atoms with E-state index in [0.29, 0.717) is 10.8 Å². The molecule has 0 aliphatic carbocycles. The third kappa shape index (κ3) is 4.50. The number of halogens is 1. The highest BCUT2D eigenvalue weighted by atomic mass is 35.5. The number of amides is 1. The molecule has 2 aromatic rings. The van der Waals surface area contributed by atoms with Gasteiger partial charge >= 0.3 is 0 Å². The van der Waals surface area contributed by atoms with Gasteiger partial charge in [-0.1, -0.05) is 67.9 Å². The number of ether oxygens (including phenoxy) is 1. The first-order chi connectivity index (χ1) is 10.6. The van der Waals surface area contributed by atoms with Crippen molar-refractivity contribution in [1.82, 2.24) is 5.32 Å². The van der Waals surface area contributed by atoms with E-state index >= 15 is 0 Å². The molecule has 0 aliphatic rings. The van der Waals surface area contributed by atoms with Crippen LogP contribution in [0.25, 0.3) is 0 Å². The van der Waals surface area contributed by atoms with Gasteiger partial charge in [-0.2, -0.15) is 0 Å². The quantitative estimate of drug-likeness (QED) is 0.865. The highest BCUT2D eigenvalue weighted by Gasteiger charge is 2.18. The molecule has 0 heterocycles. The number of para-hydroxylation sites is 1. The molecule has 0 aromatic heterocycles. The van der Waals surface area contributed by atoms with Crippen molar-refractivity contribution in [3.63, 3.8) is 0 Å². The van der Waals surface area contributed by atoms with E-state index in [4.69, 9.17) is 16.3 Å². The highest BCUT2D eigenvalue weighted by Crippen LogP contribution is 2.24. The van der Waals surface area contributed by atoms with Crippen LogP contribution in [0.4, 0.5) is 0 Å². The topological polar surface area (TPSA) is 38.3 Å². The standard InChI is InChI=1S/C18H20ClNO2/c1-13(2)18(14-8-4-3-5-9-14)20-17(21)12-22-16-11-7-6-10-15(16)19/h3-11,13,18H,12H2,1-2H3,(H,20,21)/t18-/m0/s1. The van der Waals surface area contributed by atoms with Gasteiger partial charge in [-0.3, -0.25) is 4.79 Å². The fraction of sp³-hybridized carbons (Fsp3) is 0.278. The molecule has 0 unspecified atom stereocenters. The van der Waals surface area contributed by atoms with Gasteiger partial charge in [0.1, 0.15) is 5.75 Å². The number of hydrogen-bond acceptors (Lipinski definition) is 2. The van der Waals surface area contributed by atoms with Crippen molar-refractivity contribution in [3.8, 4) is 5.75 Å². The van der Waals surface area contributed by atoms with Gasteiger partial charge in [0.25, 0.3) is 5.91 Å². The monoisotopic (exact) mass is 317 g/mol. The molecular formula is C18H20ClNO2. The molecule has 22 heavy (non-hydrogen) atoms. The predicted molar refractivity (Wildman–Crippen MR) is 89.1 cm³/mol. The first-order valence-corrected chi connectivity index (χ1v) is 7.67. The van der Waals surface area contributed by atoms with Gasteiger partial charge in [0.15, 0.2) is 6.61 Å². The van der Waals surface area contributed by atoms with Crippen LogP contribution in [-0.2, 0) is 4.79 Å². The summed E-state index contributed by atoms with van der Waals surface area (Å²) in [6.07, 6.45) is 0. The van der Waals surface area contributed by atoms with E-state index in [-0.39, 0.29) is 24.5 Å². The lowest BCUT2D eigenvalue weighted by atomic mass is 9.96. The summed E-state index contributed by atoms with van der Waals surface area (Å²) < 4.78 is 5.47. The van der Waals surface area contributed by atoms with Crippen molar-refractivity contribution >= 4 is 17.5 Å². The maximum atomic E-state index is 12.1. The van der Waals surface area contributed by atoms with Gasteiger partial charge in [0, 0.05) is 0 Å². The molecule has 0 saturated heterocycles. The fourth-order valence-corrected chi connectivity index (χ4v) is 2.41. The molecule has 0 bridgehead atoms. The van der Waals surface area contributed by atoms with Crippen LogP contribution in [0.15, 0.2) is 54.6 Å². The molecule has 0 saturated carbocycles. The second kappa shape index (κ2) is 7.85. The summed E-state index contributed by atoms with van der Waals surface area (Å²) in [6, 6.07) is 17.0. The first-order valence-electron chi connectivity index (χ1n) is 7.29. The number of carbonyl (C=O) groups is 1. The third-order valence-corrected chi connectivity index (χ3v) is 3.65. The van der Waals surface area contributed by atoms with Crippen molar-refractivity contribution in [2.24, 2.45) is 5.92 Å². The van der Waals surface area contributed by atoms with Gasteiger partial charge in [0.05, 0.1) is 11.1 Å². The Morgan fingerprint density at radius 3 is 2.36 bits per heavy atom. The SMILES string of the molecule is CC(C)[C@H](NC(=O)COc1ccccc1Cl)c1ccccc1. The molecule has 1 N–H and O–H groups in total. The molecule has 1 amide bonds.